The highest BCUT2D eigenvalue weighted by atomic mass is 15.3. The minimum absolute atomic E-state index is 0.0691. The van der Waals surface area contributed by atoms with E-state index in [1.54, 1.807) is 0 Å². The predicted molar refractivity (Wildman–Crippen MR) is 85.9 cm³/mol. The van der Waals surface area contributed by atoms with E-state index >= 15 is 0 Å². The maximum absolute atomic E-state index is 4.42. The van der Waals surface area contributed by atoms with Gasteiger partial charge in [-0.25, -0.2) is 0 Å². The number of hydrogen-bond donors (Lipinski definition) is 1. The molecule has 1 aromatic heterocycles. The molecule has 1 aromatic rings. The van der Waals surface area contributed by atoms with Gasteiger partial charge in [0.05, 0.1) is 11.7 Å². The average Bonchev–Trinajstić information content (AvgIpc) is 2.81. The van der Waals surface area contributed by atoms with E-state index in [2.05, 4.69) is 63.2 Å². The van der Waals surface area contributed by atoms with Gasteiger partial charge in [-0.15, -0.1) is 0 Å². The van der Waals surface area contributed by atoms with Crippen LogP contribution in [0.5, 0.6) is 0 Å². The van der Waals surface area contributed by atoms with Crippen LogP contribution in [0.3, 0.4) is 0 Å². The average molecular weight is 280 g/mol. The number of hydrogen-bond acceptors (Lipinski definition) is 3. The molecule has 0 spiro atoms. The molecule has 0 aliphatic carbocycles. The van der Waals surface area contributed by atoms with E-state index in [1.165, 1.54) is 24.9 Å². The Balaban J connectivity index is 2.14. The van der Waals surface area contributed by atoms with Gasteiger partial charge in [-0.3, -0.25) is 4.68 Å². The number of rotatable bonds is 8. The van der Waals surface area contributed by atoms with Gasteiger partial charge >= 0.3 is 0 Å². The highest BCUT2D eigenvalue weighted by Crippen LogP contribution is 2.12. The quantitative estimate of drug-likeness (QED) is 0.743. The van der Waals surface area contributed by atoms with Gasteiger partial charge < -0.3 is 10.2 Å². The Bertz CT molecular complexity index is 376. The predicted octanol–water partition coefficient (Wildman–Crippen LogP) is 2.85. The van der Waals surface area contributed by atoms with E-state index in [1.807, 2.05) is 10.9 Å². The third-order valence-electron chi connectivity index (χ3n) is 3.65. The molecule has 4 heteroatoms. The lowest BCUT2D eigenvalue weighted by Crippen LogP contribution is -2.27. The zero-order valence-corrected chi connectivity index (χ0v) is 14.1. The van der Waals surface area contributed by atoms with Gasteiger partial charge in [-0.05, 0) is 67.6 Å². The Morgan fingerprint density at radius 3 is 2.55 bits per heavy atom. The van der Waals surface area contributed by atoms with Crippen molar-refractivity contribution in [2.45, 2.75) is 65.6 Å². The molecular formula is C16H32N4. The Hall–Kier alpha value is -0.870. The van der Waals surface area contributed by atoms with E-state index in [9.17, 15) is 0 Å². The smallest absolute Gasteiger partial charge is 0.0543 e. The molecule has 0 saturated carbocycles. The lowest BCUT2D eigenvalue weighted by atomic mass is 10.1. The molecule has 1 heterocycles. The van der Waals surface area contributed by atoms with Crippen molar-refractivity contribution in [2.75, 3.05) is 20.1 Å². The summed E-state index contributed by atoms with van der Waals surface area (Å²) in [5, 5.41) is 7.91. The van der Waals surface area contributed by atoms with Crippen LogP contribution in [0.1, 0.15) is 53.0 Å². The van der Waals surface area contributed by atoms with Crippen LogP contribution in [0.4, 0.5) is 0 Å². The third-order valence-corrected chi connectivity index (χ3v) is 3.65. The molecule has 0 aliphatic rings. The van der Waals surface area contributed by atoms with Crippen LogP contribution in [0.15, 0.2) is 12.4 Å². The molecule has 0 fully saturated rings. The molecule has 0 atom stereocenters. The molecule has 116 valence electrons. The summed E-state index contributed by atoms with van der Waals surface area (Å²) in [6.07, 6.45) is 6.58. The van der Waals surface area contributed by atoms with Gasteiger partial charge in [0, 0.05) is 24.3 Å². The SMILES string of the molecule is CC(C)N(C)CCCCNCc1cnn(C(C)(C)C)c1. The van der Waals surface area contributed by atoms with Gasteiger partial charge in [-0.1, -0.05) is 0 Å². The molecular weight excluding hydrogens is 248 g/mol. The van der Waals surface area contributed by atoms with Crippen LogP contribution >= 0.6 is 0 Å². The maximum Gasteiger partial charge on any atom is 0.0543 e. The lowest BCUT2D eigenvalue weighted by Gasteiger charge is -2.20. The minimum Gasteiger partial charge on any atom is -0.313 e. The number of aromatic nitrogens is 2. The Morgan fingerprint density at radius 2 is 2.00 bits per heavy atom. The van der Waals surface area contributed by atoms with Gasteiger partial charge in [0.2, 0.25) is 0 Å². The van der Waals surface area contributed by atoms with Crippen LogP contribution in [0.2, 0.25) is 0 Å². The van der Waals surface area contributed by atoms with Gasteiger partial charge in [-0.2, -0.15) is 5.10 Å². The van der Waals surface area contributed by atoms with Crippen molar-refractivity contribution < 1.29 is 0 Å². The second-order valence-corrected chi connectivity index (χ2v) is 6.92. The summed E-state index contributed by atoms with van der Waals surface area (Å²) in [6, 6.07) is 0.645. The first kappa shape index (κ1) is 17.2. The Labute approximate surface area is 124 Å². The zero-order valence-electron chi connectivity index (χ0n) is 14.1. The summed E-state index contributed by atoms with van der Waals surface area (Å²) in [5.41, 5.74) is 1.33. The first-order valence-corrected chi connectivity index (χ1v) is 7.75. The molecule has 0 unspecified atom stereocenters. The second-order valence-electron chi connectivity index (χ2n) is 6.92. The van der Waals surface area contributed by atoms with Crippen LogP contribution in [0.25, 0.3) is 0 Å². The van der Waals surface area contributed by atoms with Gasteiger partial charge in [0.25, 0.3) is 0 Å². The number of unbranched alkanes of at least 4 members (excludes halogenated alkanes) is 1. The molecule has 0 saturated heterocycles. The van der Waals surface area contributed by atoms with Crippen molar-refractivity contribution in [3.05, 3.63) is 18.0 Å². The molecule has 1 rings (SSSR count). The second kappa shape index (κ2) is 7.79. The molecule has 0 bridgehead atoms. The van der Waals surface area contributed by atoms with Crippen LogP contribution in [0, 0.1) is 0 Å². The van der Waals surface area contributed by atoms with Crippen LogP contribution < -0.4 is 5.32 Å². The summed E-state index contributed by atoms with van der Waals surface area (Å²) in [4.78, 5) is 2.40. The van der Waals surface area contributed by atoms with Crippen LogP contribution in [-0.2, 0) is 12.1 Å². The molecule has 1 N–H and O–H groups in total. The van der Waals surface area contributed by atoms with Crippen LogP contribution in [-0.4, -0.2) is 40.9 Å². The third kappa shape index (κ3) is 6.06. The molecule has 0 amide bonds. The summed E-state index contributed by atoms with van der Waals surface area (Å²) in [6.45, 7) is 14.2. The van der Waals surface area contributed by atoms with E-state index in [0.717, 1.165) is 13.1 Å². The van der Waals surface area contributed by atoms with Crippen molar-refractivity contribution in [2.24, 2.45) is 0 Å². The van der Waals surface area contributed by atoms with Gasteiger partial charge in [0.1, 0.15) is 0 Å². The Morgan fingerprint density at radius 1 is 1.30 bits per heavy atom. The standard InChI is InChI=1S/C16H32N4/c1-14(2)19(6)10-8-7-9-17-11-15-12-18-20(13-15)16(3,4)5/h12-14,17H,7-11H2,1-6H3. The Kier molecular flexibility index (Phi) is 6.69. The first-order chi connectivity index (χ1) is 9.30. The van der Waals surface area contributed by atoms with E-state index in [-0.39, 0.29) is 5.54 Å². The van der Waals surface area contributed by atoms with Crippen molar-refractivity contribution in [1.29, 1.82) is 0 Å². The number of nitrogens with one attached hydrogen (secondary N) is 1. The monoisotopic (exact) mass is 280 g/mol. The highest BCUT2D eigenvalue weighted by Gasteiger charge is 2.13. The fourth-order valence-electron chi connectivity index (χ4n) is 1.92. The summed E-state index contributed by atoms with van der Waals surface area (Å²) in [5.74, 6) is 0. The zero-order chi connectivity index (χ0) is 15.2. The van der Waals surface area contributed by atoms with Crippen molar-refractivity contribution in [3.63, 3.8) is 0 Å². The number of nitrogens with zero attached hydrogens (tertiary/aromatic N) is 3. The largest absolute Gasteiger partial charge is 0.313 e. The topological polar surface area (TPSA) is 33.1 Å². The summed E-state index contributed by atoms with van der Waals surface area (Å²) in [7, 11) is 2.19. The molecule has 0 aromatic carbocycles. The minimum atomic E-state index is 0.0691. The van der Waals surface area contributed by atoms with Crippen molar-refractivity contribution >= 4 is 0 Å². The van der Waals surface area contributed by atoms with Gasteiger partial charge in [0.15, 0.2) is 0 Å². The summed E-state index contributed by atoms with van der Waals surface area (Å²) >= 11 is 0. The molecule has 0 aliphatic heterocycles. The van der Waals surface area contributed by atoms with E-state index in [4.69, 9.17) is 0 Å². The fraction of sp³-hybridized carbons (Fsp3) is 0.812. The maximum atomic E-state index is 4.42. The molecule has 20 heavy (non-hydrogen) atoms. The van der Waals surface area contributed by atoms with E-state index in [0.29, 0.717) is 6.04 Å². The molecule has 0 radical (unpaired) electrons. The normalized spacial score (nSPS) is 12.6. The van der Waals surface area contributed by atoms with E-state index < -0.39 is 0 Å². The van der Waals surface area contributed by atoms with Crippen molar-refractivity contribution in [1.82, 2.24) is 20.0 Å². The molecule has 4 nitrogen and oxygen atoms in total. The fourth-order valence-corrected chi connectivity index (χ4v) is 1.92. The lowest BCUT2D eigenvalue weighted by molar-refractivity contribution is 0.268. The van der Waals surface area contributed by atoms with Crippen molar-refractivity contribution in [3.8, 4) is 0 Å². The first-order valence-electron chi connectivity index (χ1n) is 7.75. The summed E-state index contributed by atoms with van der Waals surface area (Å²) < 4.78 is 2.03. The highest BCUT2D eigenvalue weighted by molar-refractivity contribution is 5.04.